The van der Waals surface area contributed by atoms with Crippen LogP contribution in [-0.2, 0) is 14.3 Å². The highest BCUT2D eigenvalue weighted by atomic mass is 16.5. The van der Waals surface area contributed by atoms with Gasteiger partial charge >= 0.3 is 5.97 Å². The third-order valence-electron chi connectivity index (χ3n) is 18.7. The van der Waals surface area contributed by atoms with Crippen LogP contribution in [0.1, 0.15) is 450 Å². The molecule has 0 aromatic heterocycles. The van der Waals surface area contributed by atoms with Gasteiger partial charge in [-0.05, 0) is 77.0 Å². The minimum atomic E-state index is -0.662. The molecule has 0 aromatic rings. The van der Waals surface area contributed by atoms with E-state index in [-0.39, 0.29) is 18.5 Å². The molecule has 2 unspecified atom stereocenters. The summed E-state index contributed by atoms with van der Waals surface area (Å²) in [6, 6.07) is -0.539. The highest BCUT2D eigenvalue weighted by Gasteiger charge is 2.20. The molecule has 0 rings (SSSR count). The molecule has 3 N–H and O–H groups in total. The molecule has 0 radical (unpaired) electrons. The molecule has 0 spiro atoms. The zero-order valence-electron chi connectivity index (χ0n) is 58.6. The summed E-state index contributed by atoms with van der Waals surface area (Å²) in [7, 11) is 0. The lowest BCUT2D eigenvalue weighted by atomic mass is 10.0. The lowest BCUT2D eigenvalue weighted by Crippen LogP contribution is -2.45. The minimum Gasteiger partial charge on any atom is -0.466 e. The van der Waals surface area contributed by atoms with Crippen LogP contribution in [0.5, 0.6) is 0 Å². The van der Waals surface area contributed by atoms with E-state index in [0.717, 1.165) is 44.9 Å². The predicted molar refractivity (Wildman–Crippen MR) is 380 cm³/mol. The van der Waals surface area contributed by atoms with Crippen molar-refractivity contribution in [2.45, 2.75) is 463 Å². The minimum absolute atomic E-state index is 0.0121. The van der Waals surface area contributed by atoms with E-state index in [9.17, 15) is 19.8 Å². The van der Waals surface area contributed by atoms with Gasteiger partial charge in [0, 0.05) is 12.8 Å². The Morgan fingerprint density at radius 2 is 0.547 bits per heavy atom. The molecule has 2 atom stereocenters. The number of allylic oxidation sites excluding steroid dienone is 4. The Morgan fingerprint density at radius 1 is 0.314 bits per heavy atom. The van der Waals surface area contributed by atoms with E-state index < -0.39 is 12.1 Å². The monoisotopic (exact) mass is 1210 g/mol. The molecule has 0 aliphatic heterocycles. The molecule has 6 heteroatoms. The van der Waals surface area contributed by atoms with Crippen LogP contribution in [0.15, 0.2) is 24.3 Å². The first kappa shape index (κ1) is 84.3. The number of hydrogen-bond donors (Lipinski definition) is 3. The number of esters is 1. The number of aliphatic hydroxyl groups is 2. The average Bonchev–Trinajstić information content (AvgIpc) is 3.53. The number of rotatable bonds is 75. The maximum absolute atomic E-state index is 12.6. The number of hydrogen-bond acceptors (Lipinski definition) is 5. The van der Waals surface area contributed by atoms with E-state index in [1.807, 2.05) is 0 Å². The van der Waals surface area contributed by atoms with Crippen LogP contribution >= 0.6 is 0 Å². The van der Waals surface area contributed by atoms with Crippen molar-refractivity contribution >= 4 is 11.9 Å². The van der Waals surface area contributed by atoms with Gasteiger partial charge in [-0.3, -0.25) is 9.59 Å². The molecule has 1 amide bonds. The second-order valence-corrected chi connectivity index (χ2v) is 27.4. The normalized spacial score (nSPS) is 12.6. The third-order valence-corrected chi connectivity index (χ3v) is 18.7. The molecule has 0 saturated heterocycles. The third kappa shape index (κ3) is 71.4. The van der Waals surface area contributed by atoms with Gasteiger partial charge in [0.25, 0.3) is 0 Å². The van der Waals surface area contributed by atoms with E-state index in [0.29, 0.717) is 25.9 Å². The summed E-state index contributed by atoms with van der Waals surface area (Å²) in [6.07, 6.45) is 97.1. The molecule has 0 aliphatic carbocycles. The van der Waals surface area contributed by atoms with Crippen molar-refractivity contribution in [2.75, 3.05) is 13.2 Å². The van der Waals surface area contributed by atoms with Crippen molar-refractivity contribution in [2.24, 2.45) is 0 Å². The number of carbonyl (C=O) groups excluding carboxylic acids is 2. The number of nitrogens with one attached hydrogen (secondary N) is 1. The lowest BCUT2D eigenvalue weighted by molar-refractivity contribution is -0.143. The van der Waals surface area contributed by atoms with Crippen LogP contribution in [0.2, 0.25) is 0 Å². The molecule has 510 valence electrons. The molecular formula is C80H155NO5. The van der Waals surface area contributed by atoms with Gasteiger partial charge in [-0.15, -0.1) is 0 Å². The number of carbonyl (C=O) groups is 2. The highest BCUT2D eigenvalue weighted by molar-refractivity contribution is 5.76. The Hall–Kier alpha value is -1.66. The van der Waals surface area contributed by atoms with Crippen molar-refractivity contribution in [1.29, 1.82) is 0 Å². The van der Waals surface area contributed by atoms with Gasteiger partial charge in [0.1, 0.15) is 0 Å². The molecule has 6 nitrogen and oxygen atoms in total. The fourth-order valence-corrected chi connectivity index (χ4v) is 12.7. The Labute approximate surface area is 539 Å². The topological polar surface area (TPSA) is 95.9 Å². The van der Waals surface area contributed by atoms with Crippen molar-refractivity contribution in [3.63, 3.8) is 0 Å². The number of aliphatic hydroxyl groups excluding tert-OH is 2. The van der Waals surface area contributed by atoms with Crippen LogP contribution < -0.4 is 5.32 Å². The molecule has 0 saturated carbocycles. The maximum Gasteiger partial charge on any atom is 0.305 e. The average molecular weight is 1210 g/mol. The molecule has 0 fully saturated rings. The SMILES string of the molecule is CCCCC/C=C\CCCCCCCC(=O)OCCCCCCCCCCCCCCCCCC/C=C\CCCCCCCCCCCCCCCCCCCC(=O)NC(CO)C(O)CCCCCCCCCCCCCCCCCCCCCC. The summed E-state index contributed by atoms with van der Waals surface area (Å²) in [5.41, 5.74) is 0. The van der Waals surface area contributed by atoms with Crippen molar-refractivity contribution in [3.8, 4) is 0 Å². The maximum atomic E-state index is 12.6. The Bertz CT molecular complexity index is 1350. The van der Waals surface area contributed by atoms with Gasteiger partial charge in [-0.25, -0.2) is 0 Å². The van der Waals surface area contributed by atoms with Crippen LogP contribution in [0.4, 0.5) is 0 Å². The van der Waals surface area contributed by atoms with E-state index in [1.54, 1.807) is 0 Å². The number of ether oxygens (including phenoxy) is 1. The summed E-state index contributed by atoms with van der Waals surface area (Å²) in [5, 5.41) is 23.4. The Morgan fingerprint density at radius 3 is 0.849 bits per heavy atom. The van der Waals surface area contributed by atoms with E-state index in [2.05, 4.69) is 43.5 Å². The van der Waals surface area contributed by atoms with Crippen molar-refractivity contribution in [3.05, 3.63) is 24.3 Å². The largest absolute Gasteiger partial charge is 0.466 e. The molecule has 0 bridgehead atoms. The van der Waals surface area contributed by atoms with Gasteiger partial charge in [0.15, 0.2) is 0 Å². The summed E-state index contributed by atoms with van der Waals surface area (Å²) < 4.78 is 5.48. The highest BCUT2D eigenvalue weighted by Crippen LogP contribution is 2.20. The zero-order chi connectivity index (χ0) is 62.0. The van der Waals surface area contributed by atoms with Gasteiger partial charge in [0.05, 0.1) is 25.4 Å². The van der Waals surface area contributed by atoms with Gasteiger partial charge in [-0.1, -0.05) is 385 Å². The second kappa shape index (κ2) is 75.8. The summed E-state index contributed by atoms with van der Waals surface area (Å²) in [6.45, 7) is 4.98. The first-order chi connectivity index (χ1) is 42.5. The molecule has 0 aromatic carbocycles. The van der Waals surface area contributed by atoms with E-state index >= 15 is 0 Å². The Balaban J connectivity index is 3.33. The molecular weight excluding hydrogens is 1050 g/mol. The van der Waals surface area contributed by atoms with Gasteiger partial charge in [0.2, 0.25) is 5.91 Å². The van der Waals surface area contributed by atoms with E-state index in [1.165, 1.54) is 372 Å². The van der Waals surface area contributed by atoms with Crippen molar-refractivity contribution in [1.82, 2.24) is 5.32 Å². The summed E-state index contributed by atoms with van der Waals surface area (Å²) in [4.78, 5) is 24.6. The summed E-state index contributed by atoms with van der Waals surface area (Å²) >= 11 is 0. The molecule has 0 heterocycles. The number of unbranched alkanes of at least 4 members (excludes halogenated alkanes) is 60. The zero-order valence-corrected chi connectivity index (χ0v) is 58.6. The fraction of sp³-hybridized carbons (Fsp3) is 0.925. The standard InChI is InChI=1S/C80H155NO5/c1-3-5-7-9-11-13-15-17-18-19-20-40-43-46-49-52-56-60-64-68-72-78(83)77(76-82)81-79(84)73-69-65-61-57-53-50-47-44-41-38-36-34-32-30-28-26-24-22-21-23-25-27-29-31-33-35-37-39-42-45-48-51-55-59-63-67-71-75-86-80(85)74-70-66-62-58-54-16-14-12-10-8-6-4-2/h12,14,21,23,77-78,82-83H,3-11,13,15-20,22,24-76H2,1-2H3,(H,81,84)/b14-12-,23-21-. The smallest absolute Gasteiger partial charge is 0.305 e. The van der Waals surface area contributed by atoms with Crippen LogP contribution in [0.3, 0.4) is 0 Å². The van der Waals surface area contributed by atoms with Crippen molar-refractivity contribution < 1.29 is 24.5 Å². The van der Waals surface area contributed by atoms with Gasteiger partial charge in [-0.2, -0.15) is 0 Å². The van der Waals surface area contributed by atoms with Crippen LogP contribution in [0.25, 0.3) is 0 Å². The fourth-order valence-electron chi connectivity index (χ4n) is 12.7. The molecule has 86 heavy (non-hydrogen) atoms. The predicted octanol–water partition coefficient (Wildman–Crippen LogP) is 26.0. The van der Waals surface area contributed by atoms with Crippen LogP contribution in [-0.4, -0.2) is 47.4 Å². The molecule has 0 aliphatic rings. The first-order valence-electron chi connectivity index (χ1n) is 39.6. The lowest BCUT2D eigenvalue weighted by Gasteiger charge is -2.22. The number of amides is 1. The summed E-state index contributed by atoms with van der Waals surface area (Å²) in [5.74, 6) is -0.0138. The van der Waals surface area contributed by atoms with Gasteiger partial charge < -0.3 is 20.3 Å². The van der Waals surface area contributed by atoms with Crippen LogP contribution in [0, 0.1) is 0 Å². The second-order valence-electron chi connectivity index (χ2n) is 27.4. The Kier molecular flexibility index (Phi) is 74.3. The first-order valence-corrected chi connectivity index (χ1v) is 39.6. The van der Waals surface area contributed by atoms with E-state index in [4.69, 9.17) is 4.74 Å². The quantitative estimate of drug-likeness (QED) is 0.0320.